The fourth-order valence-electron chi connectivity index (χ4n) is 2.90. The molecule has 2 aromatic rings. The molecule has 2 atom stereocenters. The zero-order valence-electron chi connectivity index (χ0n) is 13.1. The number of benzene rings is 2. The lowest BCUT2D eigenvalue weighted by atomic mass is 10.1. The highest BCUT2D eigenvalue weighted by atomic mass is 16.5. The largest absolute Gasteiger partial charge is 0.488 e. The van der Waals surface area contributed by atoms with Gasteiger partial charge in [0.05, 0.1) is 0 Å². The molecule has 0 spiro atoms. The average molecular weight is 295 g/mol. The van der Waals surface area contributed by atoms with E-state index in [1.165, 1.54) is 11.1 Å². The van der Waals surface area contributed by atoms with Crippen LogP contribution in [-0.2, 0) is 0 Å². The molecule has 1 aliphatic heterocycles. The fraction of sp³-hybridized carbons (Fsp3) is 0.278. The van der Waals surface area contributed by atoms with Gasteiger partial charge in [-0.05, 0) is 50.1 Å². The predicted molar refractivity (Wildman–Crippen MR) is 90.4 cm³/mol. The van der Waals surface area contributed by atoms with E-state index in [2.05, 4.69) is 42.4 Å². The van der Waals surface area contributed by atoms with Gasteiger partial charge in [0.1, 0.15) is 17.9 Å². The monoisotopic (exact) mass is 295 g/mol. The van der Waals surface area contributed by atoms with E-state index < -0.39 is 0 Å². The predicted octanol–water partition coefficient (Wildman–Crippen LogP) is 3.55. The Hall–Kier alpha value is -2.49. The summed E-state index contributed by atoms with van der Waals surface area (Å²) in [6.45, 7) is 6.14. The minimum absolute atomic E-state index is 0.0167. The zero-order valence-corrected chi connectivity index (χ0v) is 13.1. The number of nitrogens with zero attached hydrogens (tertiary/aromatic N) is 1. The summed E-state index contributed by atoms with van der Waals surface area (Å²) in [6, 6.07) is 14.1. The van der Waals surface area contributed by atoms with Gasteiger partial charge in [-0.1, -0.05) is 24.3 Å². The van der Waals surface area contributed by atoms with Gasteiger partial charge in [-0.2, -0.15) is 0 Å². The van der Waals surface area contributed by atoms with Crippen LogP contribution in [0.15, 0.2) is 47.5 Å². The van der Waals surface area contributed by atoms with E-state index in [0.29, 0.717) is 5.96 Å². The van der Waals surface area contributed by atoms with Gasteiger partial charge in [-0.15, -0.1) is 0 Å². The summed E-state index contributed by atoms with van der Waals surface area (Å²) in [7, 11) is 0. The van der Waals surface area contributed by atoms with Gasteiger partial charge in [0.15, 0.2) is 5.96 Å². The number of nitrogens with two attached hydrogens (primary N) is 1. The molecule has 1 aliphatic rings. The Morgan fingerprint density at radius 2 is 1.82 bits per heavy atom. The molecule has 0 aromatic heterocycles. The van der Waals surface area contributed by atoms with E-state index in [1.807, 2.05) is 31.2 Å². The molecule has 1 heterocycles. The van der Waals surface area contributed by atoms with Gasteiger partial charge >= 0.3 is 0 Å². The number of aliphatic imine (C=N–C) groups is 1. The van der Waals surface area contributed by atoms with Crippen molar-refractivity contribution >= 4 is 11.6 Å². The molecule has 22 heavy (non-hydrogen) atoms. The summed E-state index contributed by atoms with van der Waals surface area (Å²) in [5, 5.41) is 3.17. The molecule has 4 heteroatoms. The molecule has 0 fully saturated rings. The van der Waals surface area contributed by atoms with Crippen LogP contribution in [0.25, 0.3) is 0 Å². The molecular formula is C18H21N3O. The highest BCUT2D eigenvalue weighted by molar-refractivity contribution is 5.92. The summed E-state index contributed by atoms with van der Waals surface area (Å²) in [4.78, 5) is 4.61. The third kappa shape index (κ3) is 2.91. The van der Waals surface area contributed by atoms with Crippen LogP contribution in [0.2, 0.25) is 0 Å². The minimum Gasteiger partial charge on any atom is -0.488 e. The van der Waals surface area contributed by atoms with Gasteiger partial charge in [0.2, 0.25) is 0 Å². The fourth-order valence-corrected chi connectivity index (χ4v) is 2.90. The maximum Gasteiger partial charge on any atom is 0.193 e. The number of anilines is 1. The molecule has 2 aromatic carbocycles. The summed E-state index contributed by atoms with van der Waals surface area (Å²) >= 11 is 0. The average Bonchev–Trinajstić information content (AvgIpc) is 2.74. The zero-order chi connectivity index (χ0) is 15.7. The van der Waals surface area contributed by atoms with Crippen molar-refractivity contribution in [1.29, 1.82) is 0 Å². The van der Waals surface area contributed by atoms with Crippen LogP contribution in [0.5, 0.6) is 5.75 Å². The lowest BCUT2D eigenvalue weighted by Crippen LogP contribution is -2.25. The van der Waals surface area contributed by atoms with Crippen molar-refractivity contribution < 1.29 is 4.74 Å². The number of rotatable bonds is 2. The number of para-hydroxylation sites is 1. The maximum absolute atomic E-state index is 6.09. The topological polar surface area (TPSA) is 59.6 Å². The lowest BCUT2D eigenvalue weighted by molar-refractivity contribution is 0.229. The third-order valence-electron chi connectivity index (χ3n) is 3.77. The first-order valence-electron chi connectivity index (χ1n) is 7.47. The van der Waals surface area contributed by atoms with Crippen LogP contribution < -0.4 is 15.8 Å². The van der Waals surface area contributed by atoms with Crippen LogP contribution in [0.4, 0.5) is 5.69 Å². The highest BCUT2D eigenvalue weighted by Gasteiger charge is 2.30. The van der Waals surface area contributed by atoms with Crippen LogP contribution >= 0.6 is 0 Å². The molecule has 3 rings (SSSR count). The normalized spacial score (nSPS) is 20.4. The van der Waals surface area contributed by atoms with Crippen LogP contribution in [0.1, 0.15) is 29.7 Å². The van der Waals surface area contributed by atoms with Crippen LogP contribution in [-0.4, -0.2) is 12.1 Å². The van der Waals surface area contributed by atoms with Crippen LogP contribution in [0, 0.1) is 13.8 Å². The van der Waals surface area contributed by atoms with E-state index in [9.17, 15) is 0 Å². The Balaban J connectivity index is 1.83. The molecule has 0 saturated carbocycles. The SMILES string of the molecule is Cc1cc(C)cc(NC(N)=NC2c3ccccc3OC2C)c1. The van der Waals surface area contributed by atoms with E-state index >= 15 is 0 Å². The van der Waals surface area contributed by atoms with E-state index in [0.717, 1.165) is 17.0 Å². The van der Waals surface area contributed by atoms with Crippen molar-refractivity contribution in [2.24, 2.45) is 10.7 Å². The van der Waals surface area contributed by atoms with Crippen molar-refractivity contribution in [2.75, 3.05) is 5.32 Å². The minimum atomic E-state index is -0.0744. The summed E-state index contributed by atoms with van der Waals surface area (Å²) in [5.41, 5.74) is 10.5. The Bertz CT molecular complexity index is 704. The Kier molecular flexibility index (Phi) is 3.75. The second-order valence-electron chi connectivity index (χ2n) is 5.82. The summed E-state index contributed by atoms with van der Waals surface area (Å²) in [5.74, 6) is 1.30. The Morgan fingerprint density at radius 1 is 1.14 bits per heavy atom. The molecule has 0 saturated heterocycles. The molecule has 114 valence electrons. The maximum atomic E-state index is 6.09. The van der Waals surface area contributed by atoms with E-state index in [-0.39, 0.29) is 12.1 Å². The van der Waals surface area contributed by atoms with Crippen molar-refractivity contribution in [3.05, 3.63) is 59.2 Å². The van der Waals surface area contributed by atoms with Gasteiger partial charge < -0.3 is 15.8 Å². The van der Waals surface area contributed by atoms with Crippen LogP contribution in [0.3, 0.4) is 0 Å². The quantitative estimate of drug-likeness (QED) is 0.658. The first-order valence-corrected chi connectivity index (χ1v) is 7.47. The smallest absolute Gasteiger partial charge is 0.193 e. The van der Waals surface area contributed by atoms with Crippen molar-refractivity contribution in [3.63, 3.8) is 0 Å². The summed E-state index contributed by atoms with van der Waals surface area (Å²) < 4.78 is 5.82. The molecule has 2 unspecified atom stereocenters. The Morgan fingerprint density at radius 3 is 2.55 bits per heavy atom. The number of guanidine groups is 1. The molecule has 0 radical (unpaired) electrons. The first kappa shape index (κ1) is 14.4. The van der Waals surface area contributed by atoms with Crippen molar-refractivity contribution in [3.8, 4) is 5.75 Å². The molecule has 4 nitrogen and oxygen atoms in total. The first-order chi connectivity index (χ1) is 10.5. The highest BCUT2D eigenvalue weighted by Crippen LogP contribution is 2.38. The molecule has 3 N–H and O–H groups in total. The molecule has 0 amide bonds. The van der Waals surface area contributed by atoms with Gasteiger partial charge in [0, 0.05) is 11.3 Å². The van der Waals surface area contributed by atoms with Gasteiger partial charge in [-0.25, -0.2) is 4.99 Å². The molecule has 0 bridgehead atoms. The number of nitrogens with one attached hydrogen (secondary N) is 1. The van der Waals surface area contributed by atoms with E-state index in [4.69, 9.17) is 10.5 Å². The molecular weight excluding hydrogens is 274 g/mol. The number of hydrogen-bond acceptors (Lipinski definition) is 2. The molecule has 0 aliphatic carbocycles. The van der Waals surface area contributed by atoms with Gasteiger partial charge in [0.25, 0.3) is 0 Å². The van der Waals surface area contributed by atoms with Gasteiger partial charge in [-0.3, -0.25) is 0 Å². The number of fused-ring (bicyclic) bond motifs is 1. The summed E-state index contributed by atoms with van der Waals surface area (Å²) in [6.07, 6.45) is -0.0167. The van der Waals surface area contributed by atoms with Crippen molar-refractivity contribution in [2.45, 2.75) is 32.9 Å². The van der Waals surface area contributed by atoms with E-state index in [1.54, 1.807) is 0 Å². The number of hydrogen-bond donors (Lipinski definition) is 2. The standard InChI is InChI=1S/C18H21N3O/c1-11-8-12(2)10-14(9-11)20-18(19)21-17-13(3)22-16-7-5-4-6-15(16)17/h4-10,13,17H,1-3H3,(H3,19,20,21). The third-order valence-corrected chi connectivity index (χ3v) is 3.77. The second-order valence-corrected chi connectivity index (χ2v) is 5.82. The Labute approximate surface area is 131 Å². The number of ether oxygens (including phenoxy) is 1. The number of aryl methyl sites for hydroxylation is 2. The van der Waals surface area contributed by atoms with Crippen molar-refractivity contribution in [1.82, 2.24) is 0 Å². The lowest BCUT2D eigenvalue weighted by Gasteiger charge is -2.13. The second kappa shape index (κ2) is 5.72.